The molecule has 2 aromatic rings. The number of hydrogen-bond acceptors (Lipinski definition) is 8. The molecule has 0 aliphatic heterocycles. The zero-order valence-electron chi connectivity index (χ0n) is 18.9. The van der Waals surface area contributed by atoms with E-state index in [0.717, 1.165) is 25.7 Å². The quantitative estimate of drug-likeness (QED) is 0.280. The van der Waals surface area contributed by atoms with Crippen LogP contribution >= 0.6 is 0 Å². The van der Waals surface area contributed by atoms with Crippen molar-refractivity contribution in [1.29, 1.82) is 0 Å². The number of nitrogens with one attached hydrogen (secondary N) is 1. The topological polar surface area (TPSA) is 150 Å². The van der Waals surface area contributed by atoms with Crippen LogP contribution in [-0.2, 0) is 24.2 Å². The van der Waals surface area contributed by atoms with Crippen LogP contribution in [0.1, 0.15) is 48.0 Å². The molecule has 1 aromatic carbocycles. The average molecular weight is 489 g/mol. The Morgan fingerprint density at radius 3 is 2.38 bits per heavy atom. The summed E-state index contributed by atoms with van der Waals surface area (Å²) in [6, 6.07) is 8.81. The number of methoxy groups -OCH3 is 1. The van der Waals surface area contributed by atoms with Gasteiger partial charge in [0.1, 0.15) is 11.9 Å². The third-order valence-electron chi connectivity index (χ3n) is 5.35. The molecule has 0 saturated heterocycles. The van der Waals surface area contributed by atoms with E-state index in [4.69, 9.17) is 15.3 Å². The lowest BCUT2D eigenvalue weighted by Gasteiger charge is -2.12. The van der Waals surface area contributed by atoms with Gasteiger partial charge >= 0.3 is 0 Å². The van der Waals surface area contributed by atoms with Crippen LogP contribution in [0.25, 0.3) is 0 Å². The van der Waals surface area contributed by atoms with Crippen molar-refractivity contribution >= 4 is 33.2 Å². The zero-order chi connectivity index (χ0) is 24.6. The molecule has 0 unspecified atom stereocenters. The maximum atomic E-state index is 13.0. The number of oxime groups is 1. The minimum atomic E-state index is -3.48. The van der Waals surface area contributed by atoms with E-state index in [1.807, 2.05) is 0 Å². The maximum absolute atomic E-state index is 13.0. The number of anilines is 1. The first-order valence-electron chi connectivity index (χ1n) is 10.9. The van der Waals surface area contributed by atoms with Gasteiger partial charge in [-0.1, -0.05) is 17.3 Å². The molecule has 1 heterocycles. The van der Waals surface area contributed by atoms with Gasteiger partial charge in [-0.25, -0.2) is 13.4 Å². The van der Waals surface area contributed by atoms with E-state index in [1.54, 1.807) is 0 Å². The number of amides is 2. The van der Waals surface area contributed by atoms with Crippen molar-refractivity contribution in [3.05, 3.63) is 53.7 Å². The van der Waals surface area contributed by atoms with Gasteiger partial charge in [0.15, 0.2) is 15.5 Å². The number of nitrogens with two attached hydrogens (primary N) is 1. The largest absolute Gasteiger partial charge is 0.392 e. The summed E-state index contributed by atoms with van der Waals surface area (Å²) in [5.74, 6) is -1.07. The third-order valence-corrected chi connectivity index (χ3v) is 7.16. The smallest absolute Gasteiger partial charge is 0.279 e. The average Bonchev–Trinajstić information content (AvgIpc) is 3.34. The highest BCUT2D eigenvalue weighted by Gasteiger charge is 2.21. The Morgan fingerprint density at radius 1 is 1.12 bits per heavy atom. The first-order chi connectivity index (χ1) is 16.3. The molecule has 1 aliphatic carbocycles. The molecule has 1 aliphatic rings. The molecule has 11 heteroatoms. The first kappa shape index (κ1) is 25.3. The molecule has 3 N–H and O–H groups in total. The Labute approximate surface area is 198 Å². The minimum absolute atomic E-state index is 0.0176. The van der Waals surface area contributed by atoms with E-state index >= 15 is 0 Å². The monoisotopic (exact) mass is 488 g/mol. The molecule has 0 atom stereocenters. The lowest BCUT2D eigenvalue weighted by molar-refractivity contribution is -0.110. The van der Waals surface area contributed by atoms with E-state index < -0.39 is 21.7 Å². The van der Waals surface area contributed by atoms with Gasteiger partial charge in [0.2, 0.25) is 5.91 Å². The molecule has 34 heavy (non-hydrogen) atoms. The van der Waals surface area contributed by atoms with E-state index in [0.29, 0.717) is 18.6 Å². The van der Waals surface area contributed by atoms with Crippen LogP contribution in [-0.4, -0.2) is 56.5 Å². The van der Waals surface area contributed by atoms with Gasteiger partial charge in [-0.15, -0.1) is 0 Å². The number of sulfone groups is 1. The normalized spacial score (nSPS) is 14.7. The molecular weight excluding hydrogens is 460 g/mol. The molecular formula is C23H28N4O6S. The summed E-state index contributed by atoms with van der Waals surface area (Å²) in [7, 11) is -1.96. The summed E-state index contributed by atoms with van der Waals surface area (Å²) in [5, 5.41) is 6.72. The Bertz CT molecular complexity index is 1130. The summed E-state index contributed by atoms with van der Waals surface area (Å²) in [4.78, 5) is 34.0. The number of carbonyl (C=O) groups is 2. The molecule has 2 amide bonds. The van der Waals surface area contributed by atoms with Crippen LogP contribution in [0, 0.1) is 0 Å². The summed E-state index contributed by atoms with van der Waals surface area (Å²) in [6.45, 7) is 0.348. The van der Waals surface area contributed by atoms with E-state index in [1.165, 1.54) is 49.7 Å². The number of pyridine rings is 1. The Kier molecular flexibility index (Phi) is 8.72. The molecule has 1 fully saturated rings. The number of ether oxygens (including phenoxy) is 1. The summed E-state index contributed by atoms with van der Waals surface area (Å²) < 4.78 is 29.9. The van der Waals surface area contributed by atoms with Crippen molar-refractivity contribution in [2.75, 3.05) is 24.8 Å². The SMILES string of the molecule is COCCCS(=O)(=O)c1ccc(C(=NOC2CCCC2)C(=O)Nc2ccc(C(N)=O)cn2)cc1. The minimum Gasteiger partial charge on any atom is -0.392 e. The van der Waals surface area contributed by atoms with Crippen LogP contribution in [0.15, 0.2) is 52.6 Å². The number of hydrogen-bond donors (Lipinski definition) is 2. The predicted octanol–water partition coefficient (Wildman–Crippen LogP) is 2.29. The van der Waals surface area contributed by atoms with Crippen LogP contribution in [0.2, 0.25) is 0 Å². The number of carbonyl (C=O) groups excluding carboxylic acids is 2. The van der Waals surface area contributed by atoms with Gasteiger partial charge in [0.05, 0.1) is 16.2 Å². The van der Waals surface area contributed by atoms with Gasteiger partial charge in [0, 0.05) is 25.5 Å². The lowest BCUT2D eigenvalue weighted by Crippen LogP contribution is -2.25. The van der Waals surface area contributed by atoms with Gasteiger partial charge in [-0.05, 0) is 56.4 Å². The summed E-state index contributed by atoms with van der Waals surface area (Å²) in [5.41, 5.74) is 5.79. The van der Waals surface area contributed by atoms with Crippen LogP contribution in [0.4, 0.5) is 5.82 Å². The van der Waals surface area contributed by atoms with Crippen molar-refractivity contribution < 1.29 is 27.6 Å². The maximum Gasteiger partial charge on any atom is 0.279 e. The van der Waals surface area contributed by atoms with Crippen LogP contribution < -0.4 is 11.1 Å². The number of aromatic nitrogens is 1. The van der Waals surface area contributed by atoms with E-state index in [9.17, 15) is 18.0 Å². The lowest BCUT2D eigenvalue weighted by atomic mass is 10.1. The fourth-order valence-corrected chi connectivity index (χ4v) is 4.75. The second kappa shape index (κ2) is 11.7. The van der Waals surface area contributed by atoms with Gasteiger partial charge in [-0.3, -0.25) is 9.59 Å². The Balaban J connectivity index is 1.81. The number of benzene rings is 1. The third kappa shape index (κ3) is 6.84. The number of primary amides is 1. The van der Waals surface area contributed by atoms with Gasteiger partial charge in [0.25, 0.3) is 5.91 Å². The Hall–Kier alpha value is -3.31. The highest BCUT2D eigenvalue weighted by Crippen LogP contribution is 2.22. The van der Waals surface area contributed by atoms with Crippen LogP contribution in [0.3, 0.4) is 0 Å². The second-order valence-electron chi connectivity index (χ2n) is 7.89. The van der Waals surface area contributed by atoms with Crippen molar-refractivity contribution in [2.45, 2.75) is 43.1 Å². The molecule has 1 aromatic heterocycles. The van der Waals surface area contributed by atoms with Gasteiger partial charge in [-0.2, -0.15) is 0 Å². The molecule has 3 rings (SSSR count). The van der Waals surface area contributed by atoms with Gasteiger partial charge < -0.3 is 20.6 Å². The summed E-state index contributed by atoms with van der Waals surface area (Å²) >= 11 is 0. The second-order valence-corrected chi connectivity index (χ2v) is 10.0. The molecule has 0 bridgehead atoms. The molecule has 10 nitrogen and oxygen atoms in total. The fraction of sp³-hybridized carbons (Fsp3) is 0.391. The summed E-state index contributed by atoms with van der Waals surface area (Å²) in [6.07, 6.45) is 5.34. The highest BCUT2D eigenvalue weighted by molar-refractivity contribution is 7.91. The van der Waals surface area contributed by atoms with Crippen molar-refractivity contribution in [1.82, 2.24) is 4.98 Å². The number of nitrogens with zero attached hydrogens (tertiary/aromatic N) is 2. The fourth-order valence-electron chi connectivity index (χ4n) is 3.47. The van der Waals surface area contributed by atoms with Crippen molar-refractivity contribution in [3.63, 3.8) is 0 Å². The predicted molar refractivity (Wildman–Crippen MR) is 126 cm³/mol. The standard InChI is InChI=1S/C23H28N4O6S/c1-32-13-4-14-34(30,31)19-10-7-16(8-11-19)21(27-33-18-5-2-3-6-18)23(29)26-20-12-9-17(15-25-20)22(24)28/h7-12,15,18H,2-6,13-14H2,1H3,(H2,24,28)(H,25,26,29). The first-order valence-corrected chi connectivity index (χ1v) is 12.6. The van der Waals surface area contributed by atoms with Crippen LogP contribution in [0.5, 0.6) is 0 Å². The molecule has 1 saturated carbocycles. The zero-order valence-corrected chi connectivity index (χ0v) is 19.7. The van der Waals surface area contributed by atoms with E-state index in [2.05, 4.69) is 15.5 Å². The molecule has 0 spiro atoms. The molecule has 0 radical (unpaired) electrons. The van der Waals surface area contributed by atoms with E-state index in [-0.39, 0.29) is 33.8 Å². The molecule has 182 valence electrons. The highest BCUT2D eigenvalue weighted by atomic mass is 32.2. The van der Waals surface area contributed by atoms with Crippen molar-refractivity contribution in [2.24, 2.45) is 10.9 Å². The Morgan fingerprint density at radius 2 is 1.79 bits per heavy atom. The number of rotatable bonds is 11. The van der Waals surface area contributed by atoms with Crippen molar-refractivity contribution in [3.8, 4) is 0 Å².